The molecular formula is C31H52O5S. The van der Waals surface area contributed by atoms with E-state index in [1.165, 1.54) is 140 Å². The van der Waals surface area contributed by atoms with Gasteiger partial charge in [0.05, 0.1) is 11.3 Å². The molecule has 0 radical (unpaired) electrons. The summed E-state index contributed by atoms with van der Waals surface area (Å²) >= 11 is 0. The van der Waals surface area contributed by atoms with Crippen LogP contribution in [-0.4, -0.2) is 18.9 Å². The van der Waals surface area contributed by atoms with Crippen LogP contribution in [0.3, 0.4) is 0 Å². The van der Waals surface area contributed by atoms with Gasteiger partial charge in [-0.05, 0) is 37.1 Å². The van der Waals surface area contributed by atoms with Crippen molar-refractivity contribution in [1.29, 1.82) is 0 Å². The van der Waals surface area contributed by atoms with E-state index in [2.05, 4.69) is 6.92 Å². The number of esters is 1. The molecule has 0 amide bonds. The van der Waals surface area contributed by atoms with Crippen LogP contribution in [-0.2, 0) is 14.9 Å². The standard InChI is InChI=1S/C31H52O5S/c1-2-3-4-5-6-7-8-9-10-11-12-13-14-15-16-17-18-19-20-21-22-23-24-31(32)36-29-25-27-30(28-26-29)37(33,34)35/h22-23,25-28H,2-21,24H2,1H3,(H,33,34,35). The van der Waals surface area contributed by atoms with E-state index in [1.807, 2.05) is 12.2 Å². The zero-order valence-corrected chi connectivity index (χ0v) is 24.1. The number of carbonyl (C=O) groups excluding carboxylic acids is 1. The van der Waals surface area contributed by atoms with Gasteiger partial charge in [0.1, 0.15) is 5.75 Å². The maximum Gasteiger partial charge on any atom is 0.315 e. The number of ether oxygens (including phenoxy) is 1. The van der Waals surface area contributed by atoms with Gasteiger partial charge in [-0.1, -0.05) is 135 Å². The minimum absolute atomic E-state index is 0.180. The molecule has 1 aromatic rings. The summed E-state index contributed by atoms with van der Waals surface area (Å²) in [5, 5.41) is 0. The van der Waals surface area contributed by atoms with Gasteiger partial charge in [-0.2, -0.15) is 8.42 Å². The molecule has 0 saturated heterocycles. The topological polar surface area (TPSA) is 80.7 Å². The maximum absolute atomic E-state index is 11.9. The van der Waals surface area contributed by atoms with Crippen molar-refractivity contribution in [3.8, 4) is 5.75 Å². The Bertz CT molecular complexity index is 815. The fourth-order valence-corrected chi connectivity index (χ4v) is 4.97. The number of unbranched alkanes of at least 4 members (excludes halogenated alkanes) is 19. The van der Waals surface area contributed by atoms with Gasteiger partial charge >= 0.3 is 5.97 Å². The van der Waals surface area contributed by atoms with E-state index in [0.717, 1.165) is 12.8 Å². The molecule has 0 bridgehead atoms. The van der Waals surface area contributed by atoms with E-state index in [1.54, 1.807) is 0 Å². The summed E-state index contributed by atoms with van der Waals surface area (Å²) in [6, 6.07) is 5.10. The first kappa shape index (κ1) is 33.4. The van der Waals surface area contributed by atoms with Gasteiger partial charge in [0, 0.05) is 0 Å². The van der Waals surface area contributed by atoms with Crippen molar-refractivity contribution in [2.24, 2.45) is 0 Å². The largest absolute Gasteiger partial charge is 0.426 e. The number of hydrogen-bond acceptors (Lipinski definition) is 4. The second-order valence-corrected chi connectivity index (χ2v) is 11.7. The molecule has 37 heavy (non-hydrogen) atoms. The predicted molar refractivity (Wildman–Crippen MR) is 154 cm³/mol. The van der Waals surface area contributed by atoms with Crippen LogP contribution in [0.1, 0.15) is 142 Å². The van der Waals surface area contributed by atoms with Crippen molar-refractivity contribution in [2.75, 3.05) is 0 Å². The summed E-state index contributed by atoms with van der Waals surface area (Å²) in [5.41, 5.74) is 0. The van der Waals surface area contributed by atoms with Crippen molar-refractivity contribution in [3.63, 3.8) is 0 Å². The minimum atomic E-state index is -4.24. The zero-order chi connectivity index (χ0) is 27.0. The fourth-order valence-electron chi connectivity index (χ4n) is 4.49. The summed E-state index contributed by atoms with van der Waals surface area (Å²) in [7, 11) is -4.24. The molecule has 5 nitrogen and oxygen atoms in total. The van der Waals surface area contributed by atoms with Crippen molar-refractivity contribution in [3.05, 3.63) is 36.4 Å². The van der Waals surface area contributed by atoms with Gasteiger partial charge in [-0.25, -0.2) is 0 Å². The lowest BCUT2D eigenvalue weighted by molar-refractivity contribution is -0.133. The van der Waals surface area contributed by atoms with Crippen LogP contribution in [0.4, 0.5) is 0 Å². The van der Waals surface area contributed by atoms with Crippen LogP contribution in [0, 0.1) is 0 Å². The summed E-state index contributed by atoms with van der Waals surface area (Å²) in [4.78, 5) is 11.6. The normalized spacial score (nSPS) is 11.8. The zero-order valence-electron chi connectivity index (χ0n) is 23.3. The first-order chi connectivity index (χ1) is 17.9. The molecule has 0 spiro atoms. The molecule has 6 heteroatoms. The lowest BCUT2D eigenvalue weighted by Crippen LogP contribution is -2.06. The van der Waals surface area contributed by atoms with Crippen LogP contribution in [0.15, 0.2) is 41.3 Å². The number of benzene rings is 1. The van der Waals surface area contributed by atoms with Crippen molar-refractivity contribution < 1.29 is 22.5 Å². The molecule has 0 heterocycles. The number of rotatable bonds is 24. The molecule has 0 unspecified atom stereocenters. The van der Waals surface area contributed by atoms with Gasteiger partial charge in [0.15, 0.2) is 0 Å². The second kappa shape index (κ2) is 22.3. The molecule has 0 saturated carbocycles. The highest BCUT2D eigenvalue weighted by Crippen LogP contribution is 2.17. The van der Waals surface area contributed by atoms with Gasteiger partial charge < -0.3 is 4.74 Å². The highest BCUT2D eigenvalue weighted by molar-refractivity contribution is 7.85. The summed E-state index contributed by atoms with van der Waals surface area (Å²) in [6.45, 7) is 2.28. The summed E-state index contributed by atoms with van der Waals surface area (Å²) in [6.07, 6.45) is 31.1. The Morgan fingerprint density at radius 1 is 0.676 bits per heavy atom. The molecule has 0 aromatic heterocycles. The second-order valence-electron chi connectivity index (χ2n) is 10.2. The number of hydrogen-bond donors (Lipinski definition) is 1. The smallest absolute Gasteiger partial charge is 0.315 e. The fraction of sp³-hybridized carbons (Fsp3) is 0.710. The minimum Gasteiger partial charge on any atom is -0.426 e. The quantitative estimate of drug-likeness (QED) is 0.0467. The van der Waals surface area contributed by atoms with Gasteiger partial charge in [-0.15, -0.1) is 0 Å². The monoisotopic (exact) mass is 536 g/mol. The van der Waals surface area contributed by atoms with Gasteiger partial charge in [0.25, 0.3) is 10.1 Å². The van der Waals surface area contributed by atoms with Crippen molar-refractivity contribution in [2.45, 2.75) is 147 Å². The van der Waals surface area contributed by atoms with E-state index in [4.69, 9.17) is 9.29 Å². The molecule has 1 aromatic carbocycles. The number of allylic oxidation sites excluding steroid dienone is 1. The Hall–Kier alpha value is -1.66. The predicted octanol–water partition coefficient (Wildman–Crippen LogP) is 9.61. The average Bonchev–Trinajstić information content (AvgIpc) is 2.87. The van der Waals surface area contributed by atoms with Crippen LogP contribution in [0.2, 0.25) is 0 Å². The average molecular weight is 537 g/mol. The highest BCUT2D eigenvalue weighted by Gasteiger charge is 2.10. The van der Waals surface area contributed by atoms with Crippen LogP contribution >= 0.6 is 0 Å². The Balaban J connectivity index is 1.84. The van der Waals surface area contributed by atoms with Gasteiger partial charge in [0.2, 0.25) is 0 Å². The van der Waals surface area contributed by atoms with Crippen LogP contribution in [0.25, 0.3) is 0 Å². The molecule has 0 aliphatic heterocycles. The van der Waals surface area contributed by atoms with E-state index < -0.39 is 16.1 Å². The third-order valence-electron chi connectivity index (χ3n) is 6.78. The Labute approximate surface area is 227 Å². The van der Waals surface area contributed by atoms with E-state index >= 15 is 0 Å². The molecule has 212 valence electrons. The van der Waals surface area contributed by atoms with E-state index in [0.29, 0.717) is 0 Å². The van der Waals surface area contributed by atoms with E-state index in [-0.39, 0.29) is 17.1 Å². The molecular weight excluding hydrogens is 484 g/mol. The lowest BCUT2D eigenvalue weighted by atomic mass is 10.0. The Morgan fingerprint density at radius 2 is 1.08 bits per heavy atom. The first-order valence-electron chi connectivity index (χ1n) is 14.9. The van der Waals surface area contributed by atoms with Crippen LogP contribution in [0.5, 0.6) is 5.75 Å². The first-order valence-corrected chi connectivity index (χ1v) is 16.3. The molecule has 0 fully saturated rings. The van der Waals surface area contributed by atoms with E-state index in [9.17, 15) is 13.2 Å². The molecule has 1 rings (SSSR count). The highest BCUT2D eigenvalue weighted by atomic mass is 32.2. The molecule has 0 aliphatic rings. The number of carbonyl (C=O) groups is 1. The summed E-state index contributed by atoms with van der Waals surface area (Å²) < 4.78 is 36.2. The SMILES string of the molecule is CCCCCCCCCCCCCCCCCCCCCC=CCC(=O)Oc1ccc(S(=O)(=O)O)cc1. The molecule has 0 atom stereocenters. The Morgan fingerprint density at radius 3 is 1.49 bits per heavy atom. The third kappa shape index (κ3) is 20.0. The Kier molecular flexibility index (Phi) is 20.1. The third-order valence-corrected chi connectivity index (χ3v) is 7.65. The molecule has 1 N–H and O–H groups in total. The molecule has 0 aliphatic carbocycles. The van der Waals surface area contributed by atoms with Crippen molar-refractivity contribution in [1.82, 2.24) is 0 Å². The van der Waals surface area contributed by atoms with Gasteiger partial charge in [-0.3, -0.25) is 9.35 Å². The van der Waals surface area contributed by atoms with Crippen molar-refractivity contribution >= 4 is 16.1 Å². The summed E-state index contributed by atoms with van der Waals surface area (Å²) in [5.74, 6) is -0.145. The van der Waals surface area contributed by atoms with Crippen LogP contribution < -0.4 is 4.74 Å². The maximum atomic E-state index is 11.9. The lowest BCUT2D eigenvalue weighted by Gasteiger charge is -2.04.